The van der Waals surface area contributed by atoms with Crippen molar-refractivity contribution in [2.45, 2.75) is 12.5 Å². The molecule has 1 N–H and O–H groups in total. The van der Waals surface area contributed by atoms with E-state index in [1.54, 1.807) is 0 Å². The van der Waals surface area contributed by atoms with Crippen LogP contribution in [0.4, 0.5) is 0 Å². The second kappa shape index (κ2) is 6.50. The smallest absolute Gasteiger partial charge is 0.252 e. The van der Waals surface area contributed by atoms with Gasteiger partial charge >= 0.3 is 0 Å². The number of rotatable bonds is 5. The van der Waals surface area contributed by atoms with Crippen LogP contribution >= 0.6 is 11.3 Å². The number of thiophene rings is 1. The number of fused-ring (bicyclic) bond motifs is 1. The van der Waals surface area contributed by atoms with E-state index in [2.05, 4.69) is 22.3 Å². The summed E-state index contributed by atoms with van der Waals surface area (Å²) in [4.78, 5) is 14.2. The quantitative estimate of drug-likeness (QED) is 0.922. The summed E-state index contributed by atoms with van der Waals surface area (Å²) < 4.78 is 5.56. The maximum absolute atomic E-state index is 12.1. The molecule has 1 aliphatic rings. The molecule has 2 heterocycles. The number of hydrogen-bond acceptors (Lipinski definition) is 4. The average molecular weight is 316 g/mol. The van der Waals surface area contributed by atoms with Crippen molar-refractivity contribution in [2.75, 3.05) is 27.2 Å². The van der Waals surface area contributed by atoms with Gasteiger partial charge in [0.1, 0.15) is 5.75 Å². The fourth-order valence-electron chi connectivity index (χ4n) is 2.70. The minimum Gasteiger partial charge on any atom is -0.493 e. The lowest BCUT2D eigenvalue weighted by Gasteiger charge is -2.25. The zero-order valence-corrected chi connectivity index (χ0v) is 13.7. The molecule has 1 aromatic carbocycles. The van der Waals surface area contributed by atoms with Gasteiger partial charge in [-0.2, -0.15) is 11.3 Å². The number of likely N-dealkylation sites (N-methyl/N-ethyl adjacent to an activating group) is 1. The third kappa shape index (κ3) is 3.15. The van der Waals surface area contributed by atoms with E-state index in [-0.39, 0.29) is 11.9 Å². The van der Waals surface area contributed by atoms with Crippen molar-refractivity contribution >= 4 is 17.2 Å². The molecule has 0 radical (unpaired) electrons. The second-order valence-corrected chi connectivity index (χ2v) is 6.45. The second-order valence-electron chi connectivity index (χ2n) is 5.67. The van der Waals surface area contributed by atoms with E-state index in [1.165, 1.54) is 22.5 Å². The first kappa shape index (κ1) is 15.1. The number of benzene rings is 1. The Labute approximate surface area is 134 Å². The first-order valence-corrected chi connectivity index (χ1v) is 8.32. The molecular formula is C17H20N2O2S. The summed E-state index contributed by atoms with van der Waals surface area (Å²) in [6, 6.07) is 8.31. The van der Waals surface area contributed by atoms with Gasteiger partial charge in [0.05, 0.1) is 12.6 Å². The maximum atomic E-state index is 12.1. The highest BCUT2D eigenvalue weighted by Gasteiger charge is 2.19. The zero-order valence-electron chi connectivity index (χ0n) is 12.8. The van der Waals surface area contributed by atoms with Crippen molar-refractivity contribution in [3.05, 3.63) is 51.7 Å². The molecule has 0 saturated heterocycles. The molecule has 116 valence electrons. The van der Waals surface area contributed by atoms with E-state index in [4.69, 9.17) is 4.74 Å². The van der Waals surface area contributed by atoms with E-state index >= 15 is 0 Å². The van der Waals surface area contributed by atoms with Gasteiger partial charge in [-0.15, -0.1) is 0 Å². The highest BCUT2D eigenvalue weighted by molar-refractivity contribution is 7.08. The molecule has 1 amide bonds. The van der Waals surface area contributed by atoms with E-state index < -0.39 is 0 Å². The molecule has 4 nitrogen and oxygen atoms in total. The van der Waals surface area contributed by atoms with Crippen molar-refractivity contribution in [3.8, 4) is 5.75 Å². The zero-order chi connectivity index (χ0) is 15.5. The normalized spacial score (nSPS) is 14.5. The van der Waals surface area contributed by atoms with Crippen LogP contribution in [0.25, 0.3) is 0 Å². The molecule has 0 bridgehead atoms. The molecule has 0 saturated carbocycles. The molecule has 0 aliphatic carbocycles. The molecule has 5 heteroatoms. The minimum absolute atomic E-state index is 0.0161. The summed E-state index contributed by atoms with van der Waals surface area (Å²) >= 11 is 1.53. The Bertz CT molecular complexity index is 653. The number of nitrogens with zero attached hydrogens (tertiary/aromatic N) is 1. The molecule has 0 spiro atoms. The highest BCUT2D eigenvalue weighted by Crippen LogP contribution is 2.29. The van der Waals surface area contributed by atoms with Crippen molar-refractivity contribution < 1.29 is 9.53 Å². The Morgan fingerprint density at radius 3 is 3.00 bits per heavy atom. The fraction of sp³-hybridized carbons (Fsp3) is 0.353. The van der Waals surface area contributed by atoms with Crippen LogP contribution in [0.1, 0.15) is 27.5 Å². The summed E-state index contributed by atoms with van der Waals surface area (Å²) in [7, 11) is 4.07. The SMILES string of the molecule is CN(C)C(CNC(=O)c1ccsc1)c1ccc2c(c1)CCO2. The summed E-state index contributed by atoms with van der Waals surface area (Å²) in [6.07, 6.45) is 0.963. The standard InChI is InChI=1S/C17H20N2O2S/c1-19(2)15(10-18-17(20)14-6-8-22-11-14)12-3-4-16-13(9-12)5-7-21-16/h3-4,6,8-9,11,15H,5,7,10H2,1-2H3,(H,18,20). The van der Waals surface area contributed by atoms with E-state index in [9.17, 15) is 4.79 Å². The van der Waals surface area contributed by atoms with Crippen LogP contribution in [-0.4, -0.2) is 38.1 Å². The van der Waals surface area contributed by atoms with Crippen LogP contribution in [0, 0.1) is 0 Å². The lowest BCUT2D eigenvalue weighted by atomic mass is 10.0. The van der Waals surface area contributed by atoms with Gasteiger partial charge in [0.2, 0.25) is 0 Å². The van der Waals surface area contributed by atoms with Gasteiger partial charge in [0.25, 0.3) is 5.91 Å². The summed E-state index contributed by atoms with van der Waals surface area (Å²) in [6.45, 7) is 1.35. The lowest BCUT2D eigenvalue weighted by Crippen LogP contribution is -2.34. The number of carbonyl (C=O) groups excluding carboxylic acids is 1. The van der Waals surface area contributed by atoms with E-state index in [0.717, 1.165) is 24.3 Å². The largest absolute Gasteiger partial charge is 0.493 e. The predicted octanol–water partition coefficient (Wildman–Crippen LogP) is 2.72. The summed E-state index contributed by atoms with van der Waals surface area (Å²) in [5.41, 5.74) is 3.19. The van der Waals surface area contributed by atoms with Crippen molar-refractivity contribution in [1.29, 1.82) is 0 Å². The van der Waals surface area contributed by atoms with Gasteiger partial charge in [0.15, 0.2) is 0 Å². The number of ether oxygens (including phenoxy) is 1. The average Bonchev–Trinajstić information content (AvgIpc) is 3.17. The monoisotopic (exact) mass is 316 g/mol. The molecular weight excluding hydrogens is 296 g/mol. The molecule has 1 atom stereocenters. The highest BCUT2D eigenvalue weighted by atomic mass is 32.1. The van der Waals surface area contributed by atoms with E-state index in [1.807, 2.05) is 37.0 Å². The van der Waals surface area contributed by atoms with Gasteiger partial charge in [-0.05, 0) is 42.7 Å². The van der Waals surface area contributed by atoms with Gasteiger partial charge in [0, 0.05) is 23.9 Å². The molecule has 0 fully saturated rings. The number of carbonyl (C=O) groups is 1. The van der Waals surface area contributed by atoms with E-state index in [0.29, 0.717) is 6.54 Å². The van der Waals surface area contributed by atoms with Crippen LogP contribution in [0.15, 0.2) is 35.0 Å². The first-order valence-electron chi connectivity index (χ1n) is 7.37. The van der Waals surface area contributed by atoms with Crippen molar-refractivity contribution in [1.82, 2.24) is 10.2 Å². The fourth-order valence-corrected chi connectivity index (χ4v) is 3.33. The molecule has 22 heavy (non-hydrogen) atoms. The van der Waals surface area contributed by atoms with Gasteiger partial charge in [-0.3, -0.25) is 4.79 Å². The number of hydrogen-bond donors (Lipinski definition) is 1. The molecule has 3 rings (SSSR count). The summed E-state index contributed by atoms with van der Waals surface area (Å²) in [5.74, 6) is 0.973. The lowest BCUT2D eigenvalue weighted by molar-refractivity contribution is 0.0942. The molecule has 1 aromatic heterocycles. The topological polar surface area (TPSA) is 41.6 Å². The third-order valence-corrected chi connectivity index (χ3v) is 4.64. The van der Waals surface area contributed by atoms with Gasteiger partial charge in [-0.25, -0.2) is 0 Å². The van der Waals surface area contributed by atoms with Crippen LogP contribution < -0.4 is 10.1 Å². The minimum atomic E-state index is -0.0161. The first-order chi connectivity index (χ1) is 10.6. The number of amides is 1. The Hall–Kier alpha value is -1.85. The van der Waals surface area contributed by atoms with Crippen molar-refractivity contribution in [2.24, 2.45) is 0 Å². The maximum Gasteiger partial charge on any atom is 0.252 e. The van der Waals surface area contributed by atoms with Crippen LogP contribution in [0.5, 0.6) is 5.75 Å². The van der Waals surface area contributed by atoms with Crippen molar-refractivity contribution in [3.63, 3.8) is 0 Å². The Morgan fingerprint density at radius 1 is 1.41 bits per heavy atom. The third-order valence-electron chi connectivity index (χ3n) is 3.96. The van der Waals surface area contributed by atoms with Crippen LogP contribution in [0.3, 0.4) is 0 Å². The Morgan fingerprint density at radius 2 is 2.27 bits per heavy atom. The summed E-state index contributed by atoms with van der Waals surface area (Å²) in [5, 5.41) is 6.81. The molecule has 1 aliphatic heterocycles. The Balaban J connectivity index is 1.71. The van der Waals surface area contributed by atoms with Crippen LogP contribution in [-0.2, 0) is 6.42 Å². The molecule has 2 aromatic rings. The molecule has 1 unspecified atom stereocenters. The predicted molar refractivity (Wildman–Crippen MR) is 88.7 cm³/mol. The van der Waals surface area contributed by atoms with Gasteiger partial charge in [-0.1, -0.05) is 12.1 Å². The Kier molecular flexibility index (Phi) is 4.45. The van der Waals surface area contributed by atoms with Crippen LogP contribution in [0.2, 0.25) is 0 Å². The number of nitrogens with one attached hydrogen (secondary N) is 1. The van der Waals surface area contributed by atoms with Gasteiger partial charge < -0.3 is 15.0 Å².